The number of alkyl halides is 3. The molecule has 1 aliphatic heterocycles. The van der Waals surface area contributed by atoms with Gasteiger partial charge < -0.3 is 14.7 Å². The van der Waals surface area contributed by atoms with Crippen molar-refractivity contribution in [3.8, 4) is 16.9 Å². The van der Waals surface area contributed by atoms with Gasteiger partial charge in [-0.25, -0.2) is 0 Å². The lowest BCUT2D eigenvalue weighted by molar-refractivity contribution is -0.198. The molecule has 1 atom stereocenters. The zero-order valence-electron chi connectivity index (χ0n) is 20.2. The number of carboxylic acid groups (broad SMARTS) is 1. The van der Waals surface area contributed by atoms with E-state index in [0.717, 1.165) is 48.2 Å². The molecule has 0 bridgehead atoms. The van der Waals surface area contributed by atoms with Crippen molar-refractivity contribution in [1.29, 1.82) is 0 Å². The first-order chi connectivity index (χ1) is 17.2. The molecule has 1 aliphatic rings. The molecule has 36 heavy (non-hydrogen) atoms. The number of benzene rings is 3. The van der Waals surface area contributed by atoms with E-state index in [4.69, 9.17) is 9.84 Å². The second kappa shape index (κ2) is 11.2. The van der Waals surface area contributed by atoms with Crippen molar-refractivity contribution in [1.82, 2.24) is 4.90 Å². The predicted octanol–water partition coefficient (Wildman–Crippen LogP) is 7.00. The van der Waals surface area contributed by atoms with Gasteiger partial charge in [-0.05, 0) is 67.6 Å². The highest BCUT2D eigenvalue weighted by Gasteiger charge is 2.43. The number of piperidine rings is 1. The van der Waals surface area contributed by atoms with Gasteiger partial charge in [0.15, 0.2) is 0 Å². The number of hydrogen-bond acceptors (Lipinski definition) is 3. The molecule has 1 N–H and O–H groups in total. The molecule has 0 aliphatic carbocycles. The number of carbonyl (C=O) groups is 1. The zero-order chi connectivity index (χ0) is 25.7. The van der Waals surface area contributed by atoms with Crippen LogP contribution in [0.15, 0.2) is 72.8 Å². The molecule has 0 amide bonds. The fourth-order valence-electron chi connectivity index (χ4n) is 4.62. The number of likely N-dealkylation sites (tertiary alicyclic amines) is 1. The van der Waals surface area contributed by atoms with Crippen LogP contribution in [0, 0.1) is 6.92 Å². The predicted molar refractivity (Wildman–Crippen MR) is 133 cm³/mol. The molecule has 1 heterocycles. The zero-order valence-corrected chi connectivity index (χ0v) is 20.2. The molecular weight excluding hydrogens is 467 g/mol. The van der Waals surface area contributed by atoms with E-state index in [0.29, 0.717) is 6.54 Å². The highest BCUT2D eigenvalue weighted by Crippen LogP contribution is 2.38. The average Bonchev–Trinajstić information content (AvgIpc) is 2.87. The van der Waals surface area contributed by atoms with Gasteiger partial charge in [0.05, 0.1) is 6.42 Å². The molecule has 7 heteroatoms. The van der Waals surface area contributed by atoms with Crippen LogP contribution in [0.1, 0.15) is 48.0 Å². The Balaban J connectivity index is 1.41. The van der Waals surface area contributed by atoms with Crippen LogP contribution in [-0.2, 0) is 4.79 Å². The fraction of sp³-hybridized carbons (Fsp3) is 0.345. The van der Waals surface area contributed by atoms with Gasteiger partial charge in [-0.3, -0.25) is 4.79 Å². The summed E-state index contributed by atoms with van der Waals surface area (Å²) in [6.07, 6.45) is -4.80. The summed E-state index contributed by atoms with van der Waals surface area (Å²) in [6, 6.07) is 21.1. The van der Waals surface area contributed by atoms with Gasteiger partial charge in [0, 0.05) is 12.1 Å². The summed E-state index contributed by atoms with van der Waals surface area (Å²) in [5.74, 6) is -0.401. The first kappa shape index (κ1) is 25.8. The lowest BCUT2D eigenvalue weighted by Crippen LogP contribution is -2.34. The van der Waals surface area contributed by atoms with Crippen LogP contribution in [0.3, 0.4) is 0 Å². The molecule has 1 saturated heterocycles. The quantitative estimate of drug-likeness (QED) is 0.364. The molecule has 0 saturated carbocycles. The fourth-order valence-corrected chi connectivity index (χ4v) is 4.62. The van der Waals surface area contributed by atoms with Crippen molar-refractivity contribution in [2.45, 2.75) is 44.4 Å². The minimum atomic E-state index is -4.56. The van der Waals surface area contributed by atoms with Crippen molar-refractivity contribution in [2.24, 2.45) is 0 Å². The van der Waals surface area contributed by atoms with Crippen LogP contribution in [0.4, 0.5) is 13.2 Å². The molecule has 190 valence electrons. The Bertz CT molecular complexity index is 1130. The molecule has 0 radical (unpaired) electrons. The first-order valence-corrected chi connectivity index (χ1v) is 12.1. The van der Waals surface area contributed by atoms with Crippen molar-refractivity contribution in [3.63, 3.8) is 0 Å². The Morgan fingerprint density at radius 1 is 0.944 bits per heavy atom. The Morgan fingerprint density at radius 2 is 1.50 bits per heavy atom. The van der Waals surface area contributed by atoms with Gasteiger partial charge in [0.1, 0.15) is 5.75 Å². The van der Waals surface area contributed by atoms with Crippen LogP contribution < -0.4 is 4.74 Å². The first-order valence-electron chi connectivity index (χ1n) is 12.1. The number of nitrogens with zero attached hydrogens (tertiary/aromatic N) is 1. The van der Waals surface area contributed by atoms with Crippen LogP contribution in [-0.4, -0.2) is 41.8 Å². The maximum atomic E-state index is 13.9. The van der Waals surface area contributed by atoms with Gasteiger partial charge in [-0.1, -0.05) is 66.2 Å². The maximum absolute atomic E-state index is 13.9. The van der Waals surface area contributed by atoms with E-state index in [-0.39, 0.29) is 23.7 Å². The standard InChI is InChI=1S/C29H30F3NO3/c1-20-2-4-21(5-3-20)23-10-12-26(13-11-23)36-28(29(30,31)32)25-8-6-22(7-9-25)24-14-17-33(18-15-24)19-16-27(34)35/h2-13,24,28H,14-19H2,1H3,(H,34,35). The lowest BCUT2D eigenvalue weighted by Gasteiger charge is -2.32. The average molecular weight is 498 g/mol. The van der Waals surface area contributed by atoms with E-state index in [1.54, 1.807) is 36.4 Å². The van der Waals surface area contributed by atoms with Crippen molar-refractivity contribution in [2.75, 3.05) is 19.6 Å². The molecule has 0 aromatic heterocycles. The minimum Gasteiger partial charge on any atom is -0.481 e. The van der Waals surface area contributed by atoms with Crippen molar-refractivity contribution >= 4 is 5.97 Å². The van der Waals surface area contributed by atoms with E-state index >= 15 is 0 Å². The Morgan fingerprint density at radius 3 is 2.03 bits per heavy atom. The lowest BCUT2D eigenvalue weighted by atomic mass is 9.88. The maximum Gasteiger partial charge on any atom is 0.429 e. The topological polar surface area (TPSA) is 49.8 Å². The van der Waals surface area contributed by atoms with Gasteiger partial charge in [-0.15, -0.1) is 0 Å². The van der Waals surface area contributed by atoms with Gasteiger partial charge >= 0.3 is 12.1 Å². The van der Waals surface area contributed by atoms with Crippen molar-refractivity contribution < 1.29 is 27.8 Å². The second-order valence-corrected chi connectivity index (χ2v) is 9.36. The van der Waals surface area contributed by atoms with Gasteiger partial charge in [0.2, 0.25) is 6.10 Å². The highest BCUT2D eigenvalue weighted by molar-refractivity contribution is 5.67. The highest BCUT2D eigenvalue weighted by atomic mass is 19.4. The smallest absolute Gasteiger partial charge is 0.429 e. The third-order valence-electron chi connectivity index (χ3n) is 6.73. The molecule has 1 fully saturated rings. The third kappa shape index (κ3) is 6.66. The van der Waals surface area contributed by atoms with E-state index in [9.17, 15) is 18.0 Å². The third-order valence-corrected chi connectivity index (χ3v) is 6.73. The summed E-state index contributed by atoms with van der Waals surface area (Å²) in [5, 5.41) is 8.85. The van der Waals surface area contributed by atoms with Gasteiger partial charge in [-0.2, -0.15) is 13.2 Å². The number of ether oxygens (including phenoxy) is 1. The number of halogens is 3. The molecule has 4 nitrogen and oxygen atoms in total. The summed E-state index contributed by atoms with van der Waals surface area (Å²) in [4.78, 5) is 12.9. The van der Waals surface area contributed by atoms with E-state index in [1.807, 2.05) is 31.2 Å². The Labute approximate surface area is 209 Å². The van der Waals surface area contributed by atoms with Crippen molar-refractivity contribution in [3.05, 3.63) is 89.5 Å². The molecule has 1 unspecified atom stereocenters. The normalized spacial score (nSPS) is 16.0. The summed E-state index contributed by atoms with van der Waals surface area (Å²) in [5.41, 5.74) is 4.10. The molecular formula is C29H30F3NO3. The number of hydrogen-bond donors (Lipinski definition) is 1. The molecule has 3 aromatic rings. The molecule has 3 aromatic carbocycles. The van der Waals surface area contributed by atoms with Crippen LogP contribution >= 0.6 is 0 Å². The Kier molecular flexibility index (Phi) is 7.99. The molecule has 4 rings (SSSR count). The second-order valence-electron chi connectivity index (χ2n) is 9.36. The molecule has 0 spiro atoms. The minimum absolute atomic E-state index is 0.0627. The SMILES string of the molecule is Cc1ccc(-c2ccc(OC(c3ccc(C4CCN(CCC(=O)O)CC4)cc3)C(F)(F)F)cc2)cc1. The number of aliphatic carboxylic acids is 1. The summed E-state index contributed by atoms with van der Waals surface area (Å²) in [6.45, 7) is 4.09. The number of aryl methyl sites for hydroxylation is 1. The summed E-state index contributed by atoms with van der Waals surface area (Å²) >= 11 is 0. The monoisotopic (exact) mass is 497 g/mol. The van der Waals surface area contributed by atoms with Crippen LogP contribution in [0.2, 0.25) is 0 Å². The van der Waals surface area contributed by atoms with Crippen LogP contribution in [0.5, 0.6) is 5.75 Å². The van der Waals surface area contributed by atoms with E-state index in [1.165, 1.54) is 12.1 Å². The summed E-state index contributed by atoms with van der Waals surface area (Å²) in [7, 11) is 0. The van der Waals surface area contributed by atoms with Gasteiger partial charge in [0.25, 0.3) is 0 Å². The van der Waals surface area contributed by atoms with Crippen LogP contribution in [0.25, 0.3) is 11.1 Å². The number of carboxylic acids is 1. The van der Waals surface area contributed by atoms with E-state index in [2.05, 4.69) is 4.90 Å². The summed E-state index contributed by atoms with van der Waals surface area (Å²) < 4.78 is 47.2. The largest absolute Gasteiger partial charge is 0.481 e. The van der Waals surface area contributed by atoms with E-state index < -0.39 is 18.2 Å². The number of rotatable bonds is 8. The Hall–Kier alpha value is -3.32.